The van der Waals surface area contributed by atoms with Gasteiger partial charge in [0.2, 0.25) is 5.96 Å². The van der Waals surface area contributed by atoms with Gasteiger partial charge < -0.3 is 11.5 Å². The number of halogens is 1. The van der Waals surface area contributed by atoms with Crippen molar-refractivity contribution in [2.75, 3.05) is 0 Å². The van der Waals surface area contributed by atoms with Gasteiger partial charge in [-0.05, 0) is 6.07 Å². The maximum Gasteiger partial charge on any atom is 0.213 e. The van der Waals surface area contributed by atoms with E-state index in [1.807, 2.05) is 0 Å². The van der Waals surface area contributed by atoms with Gasteiger partial charge in [-0.1, -0.05) is 0 Å². The van der Waals surface area contributed by atoms with E-state index in [0.29, 0.717) is 5.69 Å². The summed E-state index contributed by atoms with van der Waals surface area (Å²) < 4.78 is 1.14. The van der Waals surface area contributed by atoms with E-state index in [1.54, 1.807) is 0 Å². The lowest BCUT2D eigenvalue weighted by molar-refractivity contribution is 0.905. The average Bonchev–Trinajstić information content (AvgIpc) is 2.33. The van der Waals surface area contributed by atoms with Crippen molar-refractivity contribution in [3.8, 4) is 0 Å². The Bertz CT molecular complexity index is 274. The summed E-state index contributed by atoms with van der Waals surface area (Å²) in [6, 6.07) is 1.52. The summed E-state index contributed by atoms with van der Waals surface area (Å²) in [5, 5.41) is 17.7. The minimum Gasteiger partial charge on any atom is -0.382 e. The highest BCUT2D eigenvalue weighted by atomic mass is 35.5. The van der Waals surface area contributed by atoms with Gasteiger partial charge in [0.25, 0.3) is 0 Å². The number of hydrogen-bond donors (Lipinski definition) is 4. The third kappa shape index (κ3) is 1.96. The molecule has 0 saturated carbocycles. The molecule has 0 unspecified atom stereocenters. The second-order valence-electron chi connectivity index (χ2n) is 1.94. The highest BCUT2D eigenvalue weighted by Crippen LogP contribution is 1.91. The van der Waals surface area contributed by atoms with E-state index in [4.69, 9.17) is 22.3 Å². The fraction of sp³-hybridized carbons (Fsp3) is 0. The third-order valence-corrected chi connectivity index (χ3v) is 1.11. The zero-order chi connectivity index (χ0) is 8.43. The van der Waals surface area contributed by atoms with Gasteiger partial charge in [-0.3, -0.25) is 10.8 Å². The topological polar surface area (TPSA) is 118 Å². The SMILES string of the molecule is Cl.N=C(N)c1ccn(C(=N)N)n1. The Hall–Kier alpha value is -1.56. The van der Waals surface area contributed by atoms with Crippen molar-refractivity contribution in [1.82, 2.24) is 9.78 Å². The molecule has 12 heavy (non-hydrogen) atoms. The standard InChI is InChI=1S/C5H8N6.ClH/c6-4(7)3-1-2-11(10-3)5(8)9;/h1-2H,(H3,6,7)(H3,8,9);1H. The summed E-state index contributed by atoms with van der Waals surface area (Å²) in [4.78, 5) is 0. The zero-order valence-corrected chi connectivity index (χ0v) is 6.93. The van der Waals surface area contributed by atoms with Crippen LogP contribution in [0, 0.1) is 10.8 Å². The normalized spacial score (nSPS) is 8.67. The largest absolute Gasteiger partial charge is 0.382 e. The van der Waals surface area contributed by atoms with E-state index in [9.17, 15) is 0 Å². The summed E-state index contributed by atoms with van der Waals surface area (Å²) in [5.74, 6) is -0.331. The molecule has 0 aliphatic heterocycles. The second kappa shape index (κ2) is 3.72. The van der Waals surface area contributed by atoms with Crippen molar-refractivity contribution >= 4 is 24.2 Å². The van der Waals surface area contributed by atoms with Gasteiger partial charge in [0.15, 0.2) is 0 Å². The summed E-state index contributed by atoms with van der Waals surface area (Å²) in [7, 11) is 0. The monoisotopic (exact) mass is 188 g/mol. The van der Waals surface area contributed by atoms with Crippen LogP contribution in [0.4, 0.5) is 0 Å². The number of aromatic nitrogens is 2. The molecule has 1 rings (SSSR count). The van der Waals surface area contributed by atoms with Gasteiger partial charge in [-0.2, -0.15) is 5.10 Å². The molecular weight excluding hydrogens is 180 g/mol. The molecule has 0 aromatic carbocycles. The van der Waals surface area contributed by atoms with Crippen LogP contribution in [0.25, 0.3) is 0 Å². The lowest BCUT2D eigenvalue weighted by Gasteiger charge is -1.93. The Labute approximate surface area is 75.0 Å². The molecule has 7 heteroatoms. The first-order valence-electron chi connectivity index (χ1n) is 2.85. The molecule has 1 aromatic rings. The van der Waals surface area contributed by atoms with Crippen LogP contribution in [0.5, 0.6) is 0 Å². The molecule has 0 atom stereocenters. The van der Waals surface area contributed by atoms with Crippen molar-refractivity contribution in [3.63, 3.8) is 0 Å². The lowest BCUT2D eigenvalue weighted by atomic mass is 10.4. The van der Waals surface area contributed by atoms with Crippen LogP contribution >= 0.6 is 12.4 Å². The number of nitrogens with two attached hydrogens (primary N) is 2. The van der Waals surface area contributed by atoms with Gasteiger partial charge in [-0.15, -0.1) is 12.4 Å². The smallest absolute Gasteiger partial charge is 0.213 e. The molecule has 0 saturated heterocycles. The van der Waals surface area contributed by atoms with E-state index < -0.39 is 0 Å². The number of amidine groups is 1. The zero-order valence-electron chi connectivity index (χ0n) is 6.11. The molecule has 66 valence electrons. The van der Waals surface area contributed by atoms with E-state index in [0.717, 1.165) is 4.68 Å². The number of rotatable bonds is 1. The first-order valence-corrected chi connectivity index (χ1v) is 2.85. The molecule has 0 spiro atoms. The van der Waals surface area contributed by atoms with E-state index in [1.165, 1.54) is 12.3 Å². The molecule has 0 aliphatic carbocycles. The second-order valence-corrected chi connectivity index (χ2v) is 1.94. The van der Waals surface area contributed by atoms with E-state index >= 15 is 0 Å². The Morgan fingerprint density at radius 3 is 2.25 bits per heavy atom. The maximum atomic E-state index is 6.98. The molecule has 1 heterocycles. The van der Waals surface area contributed by atoms with Gasteiger partial charge in [-0.25, -0.2) is 4.68 Å². The van der Waals surface area contributed by atoms with Crippen molar-refractivity contribution in [2.24, 2.45) is 11.5 Å². The van der Waals surface area contributed by atoms with Crippen LogP contribution in [-0.4, -0.2) is 21.6 Å². The molecule has 0 aliphatic rings. The van der Waals surface area contributed by atoms with Crippen LogP contribution in [0.3, 0.4) is 0 Å². The first kappa shape index (κ1) is 10.4. The highest BCUT2D eigenvalue weighted by Gasteiger charge is 2.01. The van der Waals surface area contributed by atoms with Crippen molar-refractivity contribution in [3.05, 3.63) is 18.0 Å². The average molecular weight is 189 g/mol. The minimum absolute atomic E-state index is 0. The predicted octanol–water partition coefficient (Wildman–Crippen LogP) is -0.669. The lowest BCUT2D eigenvalue weighted by Crippen LogP contribution is -2.22. The van der Waals surface area contributed by atoms with Crippen LogP contribution in [0.1, 0.15) is 5.69 Å². The Morgan fingerprint density at radius 2 is 2.00 bits per heavy atom. The molecule has 6 nitrogen and oxygen atoms in total. The van der Waals surface area contributed by atoms with Crippen molar-refractivity contribution in [2.45, 2.75) is 0 Å². The van der Waals surface area contributed by atoms with E-state index in [2.05, 4.69) is 5.10 Å². The molecule has 0 radical (unpaired) electrons. The van der Waals surface area contributed by atoms with Crippen LogP contribution in [0.2, 0.25) is 0 Å². The number of nitrogens with one attached hydrogen (secondary N) is 2. The van der Waals surface area contributed by atoms with Crippen LogP contribution in [0.15, 0.2) is 12.3 Å². The Kier molecular flexibility index (Phi) is 3.24. The minimum atomic E-state index is -0.197. The quantitative estimate of drug-likeness (QED) is 0.346. The number of nitrogen functional groups attached to an aromatic ring is 2. The molecular formula is C5H9ClN6. The van der Waals surface area contributed by atoms with Crippen LogP contribution in [-0.2, 0) is 0 Å². The molecule has 1 aromatic heterocycles. The van der Waals surface area contributed by atoms with Gasteiger partial charge >= 0.3 is 0 Å². The van der Waals surface area contributed by atoms with Crippen LogP contribution < -0.4 is 11.5 Å². The summed E-state index contributed by atoms with van der Waals surface area (Å²) in [5.41, 5.74) is 10.5. The van der Waals surface area contributed by atoms with Gasteiger partial charge in [0, 0.05) is 6.20 Å². The first-order chi connectivity index (χ1) is 5.11. The predicted molar refractivity (Wildman–Crippen MR) is 47.8 cm³/mol. The van der Waals surface area contributed by atoms with Gasteiger partial charge in [0.05, 0.1) is 0 Å². The summed E-state index contributed by atoms with van der Waals surface area (Å²) >= 11 is 0. The number of nitrogens with zero attached hydrogens (tertiary/aromatic N) is 2. The summed E-state index contributed by atoms with van der Waals surface area (Å²) in [6.07, 6.45) is 1.47. The fourth-order valence-electron chi connectivity index (χ4n) is 0.602. The summed E-state index contributed by atoms with van der Waals surface area (Å²) in [6.45, 7) is 0. The van der Waals surface area contributed by atoms with Crippen molar-refractivity contribution < 1.29 is 0 Å². The van der Waals surface area contributed by atoms with E-state index in [-0.39, 0.29) is 24.2 Å². The molecule has 0 bridgehead atoms. The highest BCUT2D eigenvalue weighted by molar-refractivity contribution is 5.93. The Balaban J connectivity index is 0.00000121. The maximum absolute atomic E-state index is 6.98. The third-order valence-electron chi connectivity index (χ3n) is 1.11. The molecule has 6 N–H and O–H groups in total. The molecule has 0 fully saturated rings. The molecule has 0 amide bonds. The fourth-order valence-corrected chi connectivity index (χ4v) is 0.602. The van der Waals surface area contributed by atoms with Crippen molar-refractivity contribution in [1.29, 1.82) is 10.8 Å². The van der Waals surface area contributed by atoms with Gasteiger partial charge in [0.1, 0.15) is 11.5 Å². The number of hydrogen-bond acceptors (Lipinski definition) is 3. The Morgan fingerprint density at radius 1 is 1.42 bits per heavy atom.